The van der Waals surface area contributed by atoms with Gasteiger partial charge in [0.15, 0.2) is 0 Å². The first-order chi connectivity index (χ1) is 8.66. The minimum Gasteiger partial charge on any atom is -0.508 e. The van der Waals surface area contributed by atoms with E-state index in [2.05, 4.69) is 5.32 Å². The third-order valence-corrected chi connectivity index (χ3v) is 2.83. The first-order valence-electron chi connectivity index (χ1n) is 5.78. The van der Waals surface area contributed by atoms with E-state index in [-0.39, 0.29) is 11.7 Å². The van der Waals surface area contributed by atoms with E-state index in [9.17, 15) is 4.79 Å². The van der Waals surface area contributed by atoms with Crippen LogP contribution in [-0.2, 0) is 6.54 Å². The lowest BCUT2D eigenvalue weighted by atomic mass is 10.1. The van der Waals surface area contributed by atoms with Gasteiger partial charge in [-0.15, -0.1) is 0 Å². The number of aromatic hydroxyl groups is 1. The van der Waals surface area contributed by atoms with Crippen molar-refractivity contribution in [3.8, 4) is 5.75 Å². The molecule has 0 aliphatic carbocycles. The summed E-state index contributed by atoms with van der Waals surface area (Å²) in [7, 11) is 0. The number of carbonyl (C=O) groups excluding carboxylic acids is 1. The molecule has 0 radical (unpaired) electrons. The third-order valence-electron chi connectivity index (χ3n) is 2.83. The van der Waals surface area contributed by atoms with E-state index in [0.29, 0.717) is 12.1 Å². The van der Waals surface area contributed by atoms with Gasteiger partial charge in [0.1, 0.15) is 5.75 Å². The predicted molar refractivity (Wildman–Crippen MR) is 70.5 cm³/mol. The molecule has 2 rings (SSSR count). The summed E-state index contributed by atoms with van der Waals surface area (Å²) in [5.41, 5.74) is 2.80. The van der Waals surface area contributed by atoms with Gasteiger partial charge in [0.25, 0.3) is 5.91 Å². The molecule has 2 aromatic carbocycles. The van der Waals surface area contributed by atoms with Crippen LogP contribution in [0.15, 0.2) is 48.5 Å². The Balaban J connectivity index is 2.01. The van der Waals surface area contributed by atoms with Crippen molar-refractivity contribution >= 4 is 5.91 Å². The molecule has 1 amide bonds. The number of benzene rings is 2. The van der Waals surface area contributed by atoms with Crippen LogP contribution in [0.2, 0.25) is 0 Å². The summed E-state index contributed by atoms with van der Waals surface area (Å²) in [6.07, 6.45) is 0. The second kappa shape index (κ2) is 5.36. The number of carbonyl (C=O) groups is 1. The summed E-state index contributed by atoms with van der Waals surface area (Å²) in [6.45, 7) is 2.52. The van der Waals surface area contributed by atoms with Gasteiger partial charge in [-0.25, -0.2) is 0 Å². The fraction of sp³-hybridized carbons (Fsp3) is 0.133. The van der Waals surface area contributed by atoms with Crippen molar-refractivity contribution < 1.29 is 9.90 Å². The normalized spacial score (nSPS) is 10.1. The Hall–Kier alpha value is -2.29. The molecular weight excluding hydrogens is 226 g/mol. The smallest absolute Gasteiger partial charge is 0.251 e. The van der Waals surface area contributed by atoms with Crippen molar-refractivity contribution in [1.82, 2.24) is 5.32 Å². The van der Waals surface area contributed by atoms with Crippen molar-refractivity contribution in [2.24, 2.45) is 0 Å². The van der Waals surface area contributed by atoms with E-state index in [4.69, 9.17) is 5.11 Å². The van der Waals surface area contributed by atoms with Crippen molar-refractivity contribution in [2.75, 3.05) is 0 Å². The first-order valence-corrected chi connectivity index (χ1v) is 5.78. The van der Waals surface area contributed by atoms with E-state index in [1.165, 1.54) is 12.1 Å². The third kappa shape index (κ3) is 2.88. The molecule has 0 bridgehead atoms. The highest BCUT2D eigenvalue weighted by molar-refractivity contribution is 5.94. The zero-order valence-electron chi connectivity index (χ0n) is 10.2. The molecule has 0 aliphatic rings. The summed E-state index contributed by atoms with van der Waals surface area (Å²) in [5.74, 6) is 0.0173. The number of hydrogen-bond donors (Lipinski definition) is 2. The highest BCUT2D eigenvalue weighted by atomic mass is 16.3. The SMILES string of the molecule is Cc1ccccc1CNC(=O)c1ccc(O)cc1. The van der Waals surface area contributed by atoms with Crippen LogP contribution in [0.5, 0.6) is 5.75 Å². The first kappa shape index (κ1) is 12.2. The molecule has 0 aliphatic heterocycles. The molecule has 2 N–H and O–H groups in total. The van der Waals surface area contributed by atoms with E-state index >= 15 is 0 Å². The number of nitrogens with one attached hydrogen (secondary N) is 1. The largest absolute Gasteiger partial charge is 0.508 e. The van der Waals surface area contributed by atoms with Gasteiger partial charge in [-0.2, -0.15) is 0 Å². The lowest BCUT2D eigenvalue weighted by molar-refractivity contribution is 0.0951. The zero-order chi connectivity index (χ0) is 13.0. The van der Waals surface area contributed by atoms with Gasteiger partial charge in [-0.3, -0.25) is 4.79 Å². The maximum Gasteiger partial charge on any atom is 0.251 e. The highest BCUT2D eigenvalue weighted by Gasteiger charge is 2.05. The molecule has 0 fully saturated rings. The lowest BCUT2D eigenvalue weighted by Crippen LogP contribution is -2.23. The summed E-state index contributed by atoms with van der Waals surface area (Å²) in [4.78, 5) is 11.8. The van der Waals surface area contributed by atoms with E-state index in [0.717, 1.165) is 11.1 Å². The molecule has 3 nitrogen and oxygen atoms in total. The topological polar surface area (TPSA) is 49.3 Å². The minimum atomic E-state index is -0.141. The van der Waals surface area contributed by atoms with Gasteiger partial charge in [0, 0.05) is 12.1 Å². The molecule has 0 spiro atoms. The molecule has 0 atom stereocenters. The second-order valence-electron chi connectivity index (χ2n) is 4.16. The Morgan fingerprint density at radius 1 is 1.11 bits per heavy atom. The van der Waals surface area contributed by atoms with Gasteiger partial charge in [0.05, 0.1) is 0 Å². The Labute approximate surface area is 106 Å². The molecule has 0 aromatic heterocycles. The fourth-order valence-electron chi connectivity index (χ4n) is 1.70. The van der Waals surface area contributed by atoms with Crippen molar-refractivity contribution in [3.63, 3.8) is 0 Å². The number of hydrogen-bond acceptors (Lipinski definition) is 2. The maximum absolute atomic E-state index is 11.8. The standard InChI is InChI=1S/C15H15NO2/c1-11-4-2-3-5-13(11)10-16-15(18)12-6-8-14(17)9-7-12/h2-9,17H,10H2,1H3,(H,16,18). The van der Waals surface area contributed by atoms with Crippen LogP contribution in [0.1, 0.15) is 21.5 Å². The highest BCUT2D eigenvalue weighted by Crippen LogP contribution is 2.10. The second-order valence-corrected chi connectivity index (χ2v) is 4.16. The summed E-state index contributed by atoms with van der Waals surface area (Å²) >= 11 is 0. The van der Waals surface area contributed by atoms with Crippen LogP contribution in [0.3, 0.4) is 0 Å². The summed E-state index contributed by atoms with van der Waals surface area (Å²) in [6, 6.07) is 14.1. The number of rotatable bonds is 3. The lowest BCUT2D eigenvalue weighted by Gasteiger charge is -2.07. The molecule has 92 valence electrons. The molecule has 0 unspecified atom stereocenters. The monoisotopic (exact) mass is 241 g/mol. The van der Waals surface area contributed by atoms with Crippen LogP contribution < -0.4 is 5.32 Å². The molecule has 3 heteroatoms. The van der Waals surface area contributed by atoms with E-state index in [1.54, 1.807) is 12.1 Å². The zero-order valence-corrected chi connectivity index (χ0v) is 10.2. The van der Waals surface area contributed by atoms with Gasteiger partial charge in [-0.1, -0.05) is 24.3 Å². The molecule has 0 heterocycles. The molecular formula is C15H15NO2. The minimum absolute atomic E-state index is 0.141. The van der Waals surface area contributed by atoms with Crippen LogP contribution in [-0.4, -0.2) is 11.0 Å². The number of phenolic OH excluding ortho intramolecular Hbond substituents is 1. The van der Waals surface area contributed by atoms with Gasteiger partial charge in [-0.05, 0) is 42.3 Å². The maximum atomic E-state index is 11.8. The average molecular weight is 241 g/mol. The fourth-order valence-corrected chi connectivity index (χ4v) is 1.70. The average Bonchev–Trinajstić information content (AvgIpc) is 2.38. The predicted octanol–water partition coefficient (Wildman–Crippen LogP) is 2.63. The van der Waals surface area contributed by atoms with E-state index < -0.39 is 0 Å². The molecule has 0 saturated heterocycles. The van der Waals surface area contributed by atoms with Crippen LogP contribution in [0.4, 0.5) is 0 Å². The van der Waals surface area contributed by atoms with Crippen LogP contribution in [0, 0.1) is 6.92 Å². The Morgan fingerprint density at radius 2 is 1.78 bits per heavy atom. The van der Waals surface area contributed by atoms with E-state index in [1.807, 2.05) is 31.2 Å². The Morgan fingerprint density at radius 3 is 2.44 bits per heavy atom. The van der Waals surface area contributed by atoms with Gasteiger partial charge >= 0.3 is 0 Å². The number of aryl methyl sites for hydroxylation is 1. The van der Waals surface area contributed by atoms with Crippen LogP contribution in [0.25, 0.3) is 0 Å². The van der Waals surface area contributed by atoms with Crippen molar-refractivity contribution in [3.05, 3.63) is 65.2 Å². The Bertz CT molecular complexity index is 547. The van der Waals surface area contributed by atoms with Crippen LogP contribution >= 0.6 is 0 Å². The van der Waals surface area contributed by atoms with Crippen molar-refractivity contribution in [2.45, 2.75) is 13.5 Å². The summed E-state index contributed by atoms with van der Waals surface area (Å²) in [5, 5.41) is 12.0. The van der Waals surface area contributed by atoms with Gasteiger partial charge < -0.3 is 10.4 Å². The number of amides is 1. The molecule has 18 heavy (non-hydrogen) atoms. The van der Waals surface area contributed by atoms with Crippen molar-refractivity contribution in [1.29, 1.82) is 0 Å². The number of phenols is 1. The molecule has 0 saturated carbocycles. The Kier molecular flexibility index (Phi) is 3.63. The van der Waals surface area contributed by atoms with Gasteiger partial charge in [0.2, 0.25) is 0 Å². The quantitative estimate of drug-likeness (QED) is 0.867. The summed E-state index contributed by atoms with van der Waals surface area (Å²) < 4.78 is 0. The molecule has 2 aromatic rings.